The molecule has 0 spiro atoms. The highest BCUT2D eigenvalue weighted by Crippen LogP contribution is 2.46. The summed E-state index contributed by atoms with van der Waals surface area (Å²) in [6, 6.07) is 11.9. The van der Waals surface area contributed by atoms with Crippen molar-refractivity contribution in [1.82, 2.24) is 0 Å². The van der Waals surface area contributed by atoms with Gasteiger partial charge in [-0.1, -0.05) is 53.5 Å². The summed E-state index contributed by atoms with van der Waals surface area (Å²) in [6.07, 6.45) is -0.221. The smallest absolute Gasteiger partial charge is 0.379 e. The molecule has 0 saturated carbocycles. The van der Waals surface area contributed by atoms with Crippen LogP contribution in [0.25, 0.3) is 11.0 Å². The predicted octanol–water partition coefficient (Wildman–Crippen LogP) is 3.88. The molecule has 2 atom stereocenters. The molecule has 0 amide bonds. The number of carbonyl (C=O) groups is 1. The summed E-state index contributed by atoms with van der Waals surface area (Å²) >= 11 is 12.3. The highest BCUT2D eigenvalue weighted by Gasteiger charge is 2.49. The summed E-state index contributed by atoms with van der Waals surface area (Å²) in [6.45, 7) is 0. The molecule has 2 heterocycles. The second-order valence-corrected chi connectivity index (χ2v) is 7.29. The monoisotopic (exact) mass is 420 g/mol. The van der Waals surface area contributed by atoms with Crippen molar-refractivity contribution in [3.63, 3.8) is 0 Å². The Bertz CT molecular complexity index is 1140. The molecule has 1 aliphatic heterocycles. The van der Waals surface area contributed by atoms with E-state index in [0.717, 1.165) is 7.11 Å². The quantitative estimate of drug-likeness (QED) is 0.500. The van der Waals surface area contributed by atoms with Crippen molar-refractivity contribution in [2.45, 2.75) is 18.1 Å². The first-order valence-corrected chi connectivity index (χ1v) is 9.10. The fraction of sp³-hybridized carbons (Fsp3) is 0.200. The molecular weight excluding hydrogens is 407 g/mol. The fourth-order valence-electron chi connectivity index (χ4n) is 3.47. The number of carbonyl (C=O) groups excluding carboxylic acids is 1. The number of aliphatic hydroxyl groups is 1. The molecular formula is C20H14Cl2O6. The predicted molar refractivity (Wildman–Crippen MR) is 103 cm³/mol. The third-order valence-corrected chi connectivity index (χ3v) is 5.22. The largest absolute Gasteiger partial charge is 0.464 e. The minimum Gasteiger partial charge on any atom is -0.464 e. The molecule has 1 aliphatic rings. The Labute approximate surface area is 169 Å². The topological polar surface area (TPSA) is 86.0 Å². The number of benzene rings is 2. The zero-order valence-corrected chi connectivity index (χ0v) is 16.1. The molecule has 0 bridgehead atoms. The number of hydrogen-bond donors (Lipinski definition) is 1. The van der Waals surface area contributed by atoms with Crippen LogP contribution in [0.1, 0.15) is 23.5 Å². The Morgan fingerprint density at radius 2 is 1.96 bits per heavy atom. The van der Waals surface area contributed by atoms with Crippen molar-refractivity contribution in [1.29, 1.82) is 0 Å². The van der Waals surface area contributed by atoms with Gasteiger partial charge in [0.25, 0.3) is 0 Å². The minimum atomic E-state index is -2.29. The van der Waals surface area contributed by atoms with Gasteiger partial charge in [-0.05, 0) is 17.7 Å². The summed E-state index contributed by atoms with van der Waals surface area (Å²) < 4.78 is 15.8. The van der Waals surface area contributed by atoms with E-state index in [-0.39, 0.29) is 38.7 Å². The Hall–Kier alpha value is -2.54. The maximum Gasteiger partial charge on any atom is 0.379 e. The number of methoxy groups -OCH3 is 1. The standard InChI is InChI=1S/C20H14Cl2O6/c1-26-19(24)20(25)9-13(10-5-3-2-4-6-10)15-17(28-20)12-7-11(21)8-14(22)16(12)27-18(15)23/h2-8,13,25H,9H2,1H3/t13-,20+/m1/s1. The average Bonchev–Trinajstić information content (AvgIpc) is 2.68. The first kappa shape index (κ1) is 18.8. The van der Waals surface area contributed by atoms with Gasteiger partial charge in [0.15, 0.2) is 5.58 Å². The Morgan fingerprint density at radius 3 is 2.64 bits per heavy atom. The molecule has 0 aliphatic carbocycles. The van der Waals surface area contributed by atoms with Gasteiger partial charge in [0.1, 0.15) is 5.75 Å². The summed E-state index contributed by atoms with van der Waals surface area (Å²) in [5.74, 6) is -3.96. The number of ether oxygens (including phenoxy) is 2. The summed E-state index contributed by atoms with van der Waals surface area (Å²) in [7, 11) is 1.14. The van der Waals surface area contributed by atoms with Crippen molar-refractivity contribution < 1.29 is 23.8 Å². The number of rotatable bonds is 2. The van der Waals surface area contributed by atoms with Gasteiger partial charge in [-0.25, -0.2) is 9.59 Å². The van der Waals surface area contributed by atoms with Crippen LogP contribution in [0.3, 0.4) is 0 Å². The van der Waals surface area contributed by atoms with E-state index in [9.17, 15) is 14.7 Å². The van der Waals surface area contributed by atoms with Gasteiger partial charge >= 0.3 is 17.4 Å². The average molecular weight is 421 g/mol. The molecule has 0 unspecified atom stereocenters. The van der Waals surface area contributed by atoms with E-state index in [4.69, 9.17) is 37.1 Å². The molecule has 0 radical (unpaired) electrons. The van der Waals surface area contributed by atoms with Crippen molar-refractivity contribution in [2.24, 2.45) is 0 Å². The highest BCUT2D eigenvalue weighted by atomic mass is 35.5. The lowest BCUT2D eigenvalue weighted by molar-refractivity contribution is -0.202. The van der Waals surface area contributed by atoms with Crippen LogP contribution in [0, 0.1) is 0 Å². The molecule has 8 heteroatoms. The van der Waals surface area contributed by atoms with Crippen molar-refractivity contribution >= 4 is 40.1 Å². The lowest BCUT2D eigenvalue weighted by atomic mass is 9.83. The molecule has 3 aromatic rings. The molecule has 1 N–H and O–H groups in total. The van der Waals surface area contributed by atoms with Crippen LogP contribution in [-0.2, 0) is 9.53 Å². The molecule has 4 rings (SSSR count). The third kappa shape index (κ3) is 2.94. The second kappa shape index (κ2) is 6.81. The molecule has 0 fully saturated rings. The lowest BCUT2D eigenvalue weighted by Gasteiger charge is -2.36. The molecule has 2 aromatic carbocycles. The van der Waals surface area contributed by atoms with Gasteiger partial charge in [0, 0.05) is 17.4 Å². The normalized spacial score (nSPS) is 21.1. The minimum absolute atomic E-state index is 0.0105. The first-order chi connectivity index (χ1) is 13.3. The van der Waals surface area contributed by atoms with Crippen molar-refractivity contribution in [2.75, 3.05) is 7.11 Å². The SMILES string of the molecule is COC(=O)[C@]1(O)C[C@H](c2ccccc2)c2c(c3cc(Cl)cc(Cl)c3oc2=O)O1. The van der Waals surface area contributed by atoms with E-state index >= 15 is 0 Å². The van der Waals surface area contributed by atoms with Crippen molar-refractivity contribution in [3.05, 3.63) is 74.1 Å². The van der Waals surface area contributed by atoms with E-state index < -0.39 is 23.3 Å². The van der Waals surface area contributed by atoms with Gasteiger partial charge in [0.2, 0.25) is 0 Å². The molecule has 6 nitrogen and oxygen atoms in total. The number of esters is 1. The van der Waals surface area contributed by atoms with E-state index in [1.54, 1.807) is 24.3 Å². The van der Waals surface area contributed by atoms with E-state index in [1.807, 2.05) is 6.07 Å². The summed E-state index contributed by atoms with van der Waals surface area (Å²) in [4.78, 5) is 25.1. The summed E-state index contributed by atoms with van der Waals surface area (Å²) in [5, 5.41) is 11.6. The van der Waals surface area contributed by atoms with Gasteiger partial charge < -0.3 is 19.0 Å². The second-order valence-electron chi connectivity index (χ2n) is 6.44. The molecule has 28 heavy (non-hydrogen) atoms. The Morgan fingerprint density at radius 1 is 1.25 bits per heavy atom. The van der Waals surface area contributed by atoms with Gasteiger partial charge in [-0.15, -0.1) is 0 Å². The van der Waals surface area contributed by atoms with Gasteiger partial charge in [-0.3, -0.25) is 0 Å². The van der Waals surface area contributed by atoms with E-state index in [2.05, 4.69) is 0 Å². The zero-order valence-electron chi connectivity index (χ0n) is 14.6. The van der Waals surface area contributed by atoms with E-state index in [0.29, 0.717) is 5.56 Å². The maximum atomic E-state index is 12.8. The van der Waals surface area contributed by atoms with Crippen LogP contribution in [0.4, 0.5) is 0 Å². The van der Waals surface area contributed by atoms with Crippen molar-refractivity contribution in [3.8, 4) is 5.75 Å². The Balaban J connectivity index is 2.07. The van der Waals surface area contributed by atoms with E-state index in [1.165, 1.54) is 12.1 Å². The van der Waals surface area contributed by atoms with Gasteiger partial charge in [0.05, 0.1) is 23.1 Å². The fourth-order valence-corrected chi connectivity index (χ4v) is 4.00. The molecule has 0 saturated heterocycles. The highest BCUT2D eigenvalue weighted by molar-refractivity contribution is 6.38. The third-order valence-electron chi connectivity index (χ3n) is 4.72. The number of halogens is 2. The van der Waals surface area contributed by atoms with Crippen LogP contribution < -0.4 is 10.4 Å². The van der Waals surface area contributed by atoms with Crippen LogP contribution >= 0.6 is 23.2 Å². The number of hydrogen-bond acceptors (Lipinski definition) is 6. The Kier molecular flexibility index (Phi) is 4.57. The zero-order chi connectivity index (χ0) is 20.1. The van der Waals surface area contributed by atoms with Crippen LogP contribution in [0.15, 0.2) is 51.7 Å². The molecule has 144 valence electrons. The molecule has 1 aromatic heterocycles. The summed E-state index contributed by atoms with van der Waals surface area (Å²) in [5.41, 5.74) is 0.253. The van der Waals surface area contributed by atoms with Gasteiger partial charge in [-0.2, -0.15) is 0 Å². The van der Waals surface area contributed by atoms with Crippen LogP contribution in [0.2, 0.25) is 10.0 Å². The lowest BCUT2D eigenvalue weighted by Crippen LogP contribution is -2.50. The number of fused-ring (bicyclic) bond motifs is 3. The van der Waals surface area contributed by atoms with Crippen LogP contribution in [0.5, 0.6) is 5.75 Å². The van der Waals surface area contributed by atoms with Crippen LogP contribution in [-0.4, -0.2) is 24.0 Å². The first-order valence-electron chi connectivity index (χ1n) is 8.34. The maximum absolute atomic E-state index is 12.8.